The van der Waals surface area contributed by atoms with Crippen molar-refractivity contribution in [2.45, 2.75) is 68.3 Å². The molecule has 8 N–H and O–H groups in total. The number of hydrogen-bond donors (Lipinski definition) is 8. The van der Waals surface area contributed by atoms with E-state index in [4.69, 9.17) is 23.3 Å². The number of aliphatic hydroxyl groups is 4. The van der Waals surface area contributed by atoms with E-state index in [-0.39, 0.29) is 0 Å². The van der Waals surface area contributed by atoms with Crippen LogP contribution in [0, 0.1) is 0 Å². The predicted octanol–water partition coefficient (Wildman–Crippen LogP) is -5.51. The smallest absolute Gasteiger partial charge is 0.397 e. The van der Waals surface area contributed by atoms with E-state index in [0.717, 1.165) is 6.92 Å². The Hall–Kier alpha value is -1.60. The van der Waals surface area contributed by atoms with Crippen molar-refractivity contribution in [1.82, 2.24) is 5.32 Å². The summed E-state index contributed by atoms with van der Waals surface area (Å²) < 4.78 is 87.2. The molecule has 0 spiro atoms. The number of amides is 1. The standard InChI is InChI=1S/C14H23NO18S2/c1-3(17)15-5-9(8(32-34(23,24)25)4(2-16)29-13(5)22)30-14-11(33-35(26,27)28)7(19)6(18)10(31-14)12(20)21/h4-11,13-14,16,18-19,22H,2H2,1H3,(H,15,17)(H,20,21)(H,23,24,25)(H,26,27,28)/t4-,5-,6+,7+,8+,9-,10+,11-,13-,14-/m1/s1. The number of nitrogens with one attached hydrogen (secondary N) is 1. The maximum atomic E-state index is 11.6. The Labute approximate surface area is 197 Å². The summed E-state index contributed by atoms with van der Waals surface area (Å²) in [7, 11) is -10.8. The molecule has 2 aliphatic heterocycles. The van der Waals surface area contributed by atoms with E-state index < -0.39 is 101 Å². The number of rotatable bonds is 9. The summed E-state index contributed by atoms with van der Waals surface area (Å²) >= 11 is 0. The number of carbonyl (C=O) groups is 2. The van der Waals surface area contributed by atoms with Crippen molar-refractivity contribution in [1.29, 1.82) is 0 Å². The summed E-state index contributed by atoms with van der Waals surface area (Å²) in [5, 5.41) is 51.2. The van der Waals surface area contributed by atoms with E-state index in [1.54, 1.807) is 0 Å². The molecule has 2 fully saturated rings. The average molecular weight is 557 g/mol. The number of aliphatic carboxylic acids is 1. The highest BCUT2D eigenvalue weighted by atomic mass is 32.3. The van der Waals surface area contributed by atoms with Crippen LogP contribution in [0.15, 0.2) is 0 Å². The fourth-order valence-electron chi connectivity index (χ4n) is 3.42. The van der Waals surface area contributed by atoms with Crippen LogP contribution in [0.2, 0.25) is 0 Å². The van der Waals surface area contributed by atoms with Crippen molar-refractivity contribution < 1.29 is 83.6 Å². The highest BCUT2D eigenvalue weighted by Gasteiger charge is 2.55. The molecule has 10 atom stereocenters. The zero-order chi connectivity index (χ0) is 26.9. The van der Waals surface area contributed by atoms with Crippen LogP contribution in [-0.2, 0) is 53.0 Å². The average Bonchev–Trinajstić information content (AvgIpc) is 2.69. The highest BCUT2D eigenvalue weighted by Crippen LogP contribution is 2.32. The fraction of sp³-hybridized carbons (Fsp3) is 0.857. The number of aliphatic hydroxyl groups excluding tert-OH is 4. The molecule has 2 rings (SSSR count). The van der Waals surface area contributed by atoms with Gasteiger partial charge in [-0.05, 0) is 0 Å². The number of carboxylic acid groups (broad SMARTS) is 1. The van der Waals surface area contributed by atoms with E-state index in [1.807, 2.05) is 0 Å². The van der Waals surface area contributed by atoms with Crippen LogP contribution in [0.25, 0.3) is 0 Å². The molecule has 2 saturated heterocycles. The number of carbonyl (C=O) groups excluding carboxylic acids is 1. The molecule has 21 heteroatoms. The molecule has 204 valence electrons. The molecule has 2 aliphatic rings. The predicted molar refractivity (Wildman–Crippen MR) is 102 cm³/mol. The summed E-state index contributed by atoms with van der Waals surface area (Å²) in [4.78, 5) is 23.0. The second-order valence-electron chi connectivity index (χ2n) is 7.30. The number of ether oxygens (including phenoxy) is 3. The van der Waals surface area contributed by atoms with Gasteiger partial charge in [0.15, 0.2) is 24.8 Å². The lowest BCUT2D eigenvalue weighted by Crippen LogP contribution is -2.68. The van der Waals surface area contributed by atoms with Crippen LogP contribution in [0.4, 0.5) is 0 Å². The molecule has 2 heterocycles. The molecule has 35 heavy (non-hydrogen) atoms. The normalized spacial score (nSPS) is 38.6. The maximum absolute atomic E-state index is 11.6. The van der Waals surface area contributed by atoms with Crippen LogP contribution in [-0.4, -0.2) is 131 Å². The second-order valence-corrected chi connectivity index (χ2v) is 9.39. The maximum Gasteiger partial charge on any atom is 0.397 e. The van der Waals surface area contributed by atoms with Gasteiger partial charge >= 0.3 is 26.8 Å². The van der Waals surface area contributed by atoms with Crippen molar-refractivity contribution in [2.24, 2.45) is 0 Å². The third-order valence-corrected chi connectivity index (χ3v) is 5.69. The van der Waals surface area contributed by atoms with Crippen molar-refractivity contribution in [3.63, 3.8) is 0 Å². The lowest BCUT2D eigenvalue weighted by atomic mass is 9.95. The molecule has 0 aromatic carbocycles. The monoisotopic (exact) mass is 557 g/mol. The van der Waals surface area contributed by atoms with E-state index >= 15 is 0 Å². The molecule has 1 amide bonds. The molecule has 0 aromatic heterocycles. The highest BCUT2D eigenvalue weighted by molar-refractivity contribution is 7.81. The fourth-order valence-corrected chi connectivity index (χ4v) is 4.42. The van der Waals surface area contributed by atoms with Gasteiger partial charge in [0, 0.05) is 6.92 Å². The quantitative estimate of drug-likeness (QED) is 0.123. The minimum Gasteiger partial charge on any atom is -0.479 e. The Morgan fingerprint density at radius 2 is 1.46 bits per heavy atom. The van der Waals surface area contributed by atoms with E-state index in [1.165, 1.54) is 0 Å². The number of carboxylic acids is 1. The minimum atomic E-state index is -5.42. The van der Waals surface area contributed by atoms with Crippen molar-refractivity contribution in [2.75, 3.05) is 6.61 Å². The zero-order valence-electron chi connectivity index (χ0n) is 17.4. The van der Waals surface area contributed by atoms with Gasteiger partial charge < -0.3 is 45.1 Å². The summed E-state index contributed by atoms with van der Waals surface area (Å²) in [6.45, 7) is -0.151. The molecule has 0 unspecified atom stereocenters. The van der Waals surface area contributed by atoms with E-state index in [9.17, 15) is 52.0 Å². The van der Waals surface area contributed by atoms with Gasteiger partial charge in [-0.25, -0.2) is 13.2 Å². The number of hydrogen-bond acceptors (Lipinski definition) is 15. The van der Waals surface area contributed by atoms with Gasteiger partial charge in [0.05, 0.1) is 6.61 Å². The van der Waals surface area contributed by atoms with Crippen LogP contribution in [0.1, 0.15) is 6.92 Å². The van der Waals surface area contributed by atoms with E-state index in [2.05, 4.69) is 13.7 Å². The first kappa shape index (κ1) is 29.6. The van der Waals surface area contributed by atoms with Crippen molar-refractivity contribution >= 4 is 32.7 Å². The molecule has 0 bridgehead atoms. The summed E-state index contributed by atoms with van der Waals surface area (Å²) in [5.41, 5.74) is 0. The zero-order valence-corrected chi connectivity index (χ0v) is 19.1. The van der Waals surface area contributed by atoms with E-state index in [0.29, 0.717) is 0 Å². The first-order valence-electron chi connectivity index (χ1n) is 9.38. The Balaban J connectivity index is 2.55. The van der Waals surface area contributed by atoms with Crippen LogP contribution in [0.5, 0.6) is 0 Å². The molecular formula is C14H23NO18S2. The molecule has 0 aromatic rings. The Morgan fingerprint density at radius 1 is 0.914 bits per heavy atom. The second kappa shape index (κ2) is 11.2. The van der Waals surface area contributed by atoms with Gasteiger partial charge in [-0.1, -0.05) is 0 Å². The van der Waals surface area contributed by atoms with Crippen molar-refractivity contribution in [3.8, 4) is 0 Å². The lowest BCUT2D eigenvalue weighted by molar-refractivity contribution is -0.331. The summed E-state index contributed by atoms with van der Waals surface area (Å²) in [6, 6.07) is -1.82. The SMILES string of the molecule is CC(=O)N[C@@H]1[C@@H](O[C@@H]2O[C@H](C(=O)O)[C@@H](O)[C@H](O)[C@H]2OS(=O)(=O)O)[C@@H](OS(=O)(=O)O)[C@@H](CO)O[C@H]1O. The summed E-state index contributed by atoms with van der Waals surface area (Å²) in [5.74, 6) is -2.77. The van der Waals surface area contributed by atoms with Gasteiger partial charge in [-0.15, -0.1) is 0 Å². The molecule has 0 radical (unpaired) electrons. The Kier molecular flexibility index (Phi) is 9.48. The lowest BCUT2D eigenvalue weighted by Gasteiger charge is -2.47. The van der Waals surface area contributed by atoms with Gasteiger partial charge in [-0.2, -0.15) is 16.8 Å². The third-order valence-electron chi connectivity index (χ3n) is 4.76. The molecular weight excluding hydrogens is 534 g/mol. The largest absolute Gasteiger partial charge is 0.479 e. The van der Waals surface area contributed by atoms with Crippen LogP contribution in [0.3, 0.4) is 0 Å². The van der Waals surface area contributed by atoms with Gasteiger partial charge in [-0.3, -0.25) is 13.9 Å². The molecule has 0 saturated carbocycles. The van der Waals surface area contributed by atoms with Crippen LogP contribution < -0.4 is 5.32 Å². The Morgan fingerprint density at radius 3 is 1.91 bits per heavy atom. The first-order valence-corrected chi connectivity index (χ1v) is 12.1. The van der Waals surface area contributed by atoms with Crippen molar-refractivity contribution in [3.05, 3.63) is 0 Å². The first-order chi connectivity index (χ1) is 15.9. The van der Waals surface area contributed by atoms with Gasteiger partial charge in [0.1, 0.15) is 36.6 Å². The Bertz CT molecular complexity index is 985. The summed E-state index contributed by atoms with van der Waals surface area (Å²) in [6.07, 6.45) is -19.9. The minimum absolute atomic E-state index is 0.881. The van der Waals surface area contributed by atoms with Gasteiger partial charge in [0.2, 0.25) is 5.91 Å². The van der Waals surface area contributed by atoms with Crippen LogP contribution >= 0.6 is 0 Å². The molecule has 0 aliphatic carbocycles. The van der Waals surface area contributed by atoms with Gasteiger partial charge in [0.25, 0.3) is 0 Å². The molecule has 19 nitrogen and oxygen atoms in total. The topological polar surface area (TPSA) is 302 Å². The third kappa shape index (κ3) is 7.69.